The Labute approximate surface area is 98.9 Å². The van der Waals surface area contributed by atoms with Crippen molar-refractivity contribution in [3.05, 3.63) is 30.0 Å². The predicted molar refractivity (Wildman–Crippen MR) is 64.0 cm³/mol. The molecule has 0 unspecified atom stereocenters. The van der Waals surface area contributed by atoms with E-state index in [0.717, 1.165) is 24.2 Å². The number of aromatic hydroxyl groups is 1. The molecular weight excluding hydrogens is 216 g/mol. The molecule has 0 saturated heterocycles. The van der Waals surface area contributed by atoms with Gasteiger partial charge in [-0.25, -0.2) is 0 Å². The van der Waals surface area contributed by atoms with Gasteiger partial charge in [-0.15, -0.1) is 5.10 Å². The number of nitrogens with zero attached hydrogens (tertiary/aromatic N) is 3. The molecule has 3 N–H and O–H groups in total. The van der Waals surface area contributed by atoms with Crippen LogP contribution in [0.3, 0.4) is 0 Å². The van der Waals surface area contributed by atoms with E-state index in [4.69, 9.17) is 5.73 Å². The summed E-state index contributed by atoms with van der Waals surface area (Å²) in [5.74, 6) is 1.31. The van der Waals surface area contributed by atoms with Gasteiger partial charge in [0.15, 0.2) is 5.82 Å². The molecule has 1 aromatic heterocycles. The summed E-state index contributed by atoms with van der Waals surface area (Å²) in [5, 5.41) is 17.5. The molecule has 0 atom stereocenters. The van der Waals surface area contributed by atoms with Crippen molar-refractivity contribution in [3.8, 4) is 11.4 Å². The minimum Gasteiger partial charge on any atom is -0.508 e. The molecule has 17 heavy (non-hydrogen) atoms. The summed E-state index contributed by atoms with van der Waals surface area (Å²) in [6.45, 7) is 0. The highest BCUT2D eigenvalue weighted by atomic mass is 16.3. The fourth-order valence-electron chi connectivity index (χ4n) is 2.06. The first kappa shape index (κ1) is 10.1. The van der Waals surface area contributed by atoms with E-state index in [0.29, 0.717) is 11.7 Å². The first-order valence-corrected chi connectivity index (χ1v) is 5.76. The maximum Gasteiger partial charge on any atom is 0.151 e. The Kier molecular flexibility index (Phi) is 2.24. The predicted octanol–water partition coefficient (Wildman–Crippen LogP) is 1.82. The minimum absolute atomic E-state index is 0.228. The number of hydrogen-bond donors (Lipinski definition) is 2. The van der Waals surface area contributed by atoms with Gasteiger partial charge in [0.1, 0.15) is 11.4 Å². The van der Waals surface area contributed by atoms with Gasteiger partial charge < -0.3 is 10.8 Å². The fraction of sp³-hybridized carbons (Fsp3) is 0.333. The van der Waals surface area contributed by atoms with E-state index in [1.807, 2.05) is 0 Å². The average molecular weight is 230 g/mol. The quantitative estimate of drug-likeness (QED) is 0.825. The van der Waals surface area contributed by atoms with E-state index in [2.05, 4.69) is 10.3 Å². The second-order valence-corrected chi connectivity index (χ2v) is 4.42. The third kappa shape index (κ3) is 1.63. The van der Waals surface area contributed by atoms with Crippen LogP contribution >= 0.6 is 0 Å². The molecule has 0 bridgehead atoms. The third-order valence-electron chi connectivity index (χ3n) is 3.32. The Morgan fingerprint density at radius 2 is 1.94 bits per heavy atom. The highest BCUT2D eigenvalue weighted by Gasteiger charge is 2.26. The minimum atomic E-state index is 0.228. The topological polar surface area (TPSA) is 77.0 Å². The Morgan fingerprint density at radius 1 is 1.24 bits per heavy atom. The lowest BCUT2D eigenvalue weighted by Gasteiger charge is -2.23. The van der Waals surface area contributed by atoms with E-state index in [1.54, 1.807) is 28.9 Å². The summed E-state index contributed by atoms with van der Waals surface area (Å²) in [6.07, 6.45) is 3.55. The van der Waals surface area contributed by atoms with Crippen LogP contribution in [0.25, 0.3) is 5.69 Å². The molecule has 88 valence electrons. The largest absolute Gasteiger partial charge is 0.508 e. The number of nitrogens with two attached hydrogens (primary N) is 1. The van der Waals surface area contributed by atoms with Crippen LogP contribution in [0, 0.1) is 0 Å². The number of aromatic nitrogens is 3. The Balaban J connectivity index is 1.97. The van der Waals surface area contributed by atoms with E-state index in [-0.39, 0.29) is 5.75 Å². The van der Waals surface area contributed by atoms with Gasteiger partial charge in [0.05, 0.1) is 5.69 Å². The smallest absolute Gasteiger partial charge is 0.151 e. The summed E-state index contributed by atoms with van der Waals surface area (Å²) in [4.78, 5) is 0. The van der Waals surface area contributed by atoms with E-state index < -0.39 is 0 Å². The lowest BCUT2D eigenvalue weighted by Crippen LogP contribution is -2.12. The first-order valence-electron chi connectivity index (χ1n) is 5.76. The van der Waals surface area contributed by atoms with Crippen molar-refractivity contribution in [2.45, 2.75) is 25.2 Å². The molecule has 0 spiro atoms. The molecule has 1 heterocycles. The Morgan fingerprint density at radius 3 is 2.53 bits per heavy atom. The maximum absolute atomic E-state index is 9.24. The van der Waals surface area contributed by atoms with Crippen molar-refractivity contribution in [1.82, 2.24) is 15.0 Å². The van der Waals surface area contributed by atoms with Crippen LogP contribution < -0.4 is 5.73 Å². The maximum atomic E-state index is 9.24. The third-order valence-corrected chi connectivity index (χ3v) is 3.32. The van der Waals surface area contributed by atoms with Crippen molar-refractivity contribution in [2.24, 2.45) is 0 Å². The average Bonchev–Trinajstić information content (AvgIpc) is 2.60. The molecule has 3 rings (SSSR count). The molecular formula is C12H14N4O. The van der Waals surface area contributed by atoms with Crippen molar-refractivity contribution in [3.63, 3.8) is 0 Å². The van der Waals surface area contributed by atoms with Gasteiger partial charge in [0.25, 0.3) is 0 Å². The van der Waals surface area contributed by atoms with E-state index in [1.165, 1.54) is 6.42 Å². The Hall–Kier alpha value is -2.04. The SMILES string of the molecule is Nc1c(C2CCC2)nnn1-c1ccc(O)cc1. The van der Waals surface area contributed by atoms with E-state index in [9.17, 15) is 5.11 Å². The van der Waals surface area contributed by atoms with Crippen LogP contribution in [0.5, 0.6) is 5.75 Å². The number of phenolic OH excluding ortho intramolecular Hbond substituents is 1. The lowest BCUT2D eigenvalue weighted by atomic mass is 9.83. The van der Waals surface area contributed by atoms with Gasteiger partial charge in [0, 0.05) is 5.92 Å². The van der Waals surface area contributed by atoms with Crippen LogP contribution in [0.4, 0.5) is 5.82 Å². The van der Waals surface area contributed by atoms with Crippen molar-refractivity contribution < 1.29 is 5.11 Å². The number of anilines is 1. The van der Waals surface area contributed by atoms with Gasteiger partial charge in [-0.2, -0.15) is 4.68 Å². The Bertz CT molecular complexity index is 528. The van der Waals surface area contributed by atoms with Gasteiger partial charge >= 0.3 is 0 Å². The molecule has 1 aliphatic rings. The van der Waals surface area contributed by atoms with Crippen molar-refractivity contribution in [1.29, 1.82) is 0 Å². The zero-order valence-corrected chi connectivity index (χ0v) is 9.37. The highest BCUT2D eigenvalue weighted by molar-refractivity contribution is 5.47. The van der Waals surface area contributed by atoms with Gasteiger partial charge in [-0.3, -0.25) is 0 Å². The molecule has 1 fully saturated rings. The van der Waals surface area contributed by atoms with E-state index >= 15 is 0 Å². The number of rotatable bonds is 2. The van der Waals surface area contributed by atoms with Crippen molar-refractivity contribution in [2.75, 3.05) is 5.73 Å². The van der Waals surface area contributed by atoms with Crippen LogP contribution in [0.1, 0.15) is 30.9 Å². The number of phenols is 1. The summed E-state index contributed by atoms with van der Waals surface area (Å²) in [7, 11) is 0. The van der Waals surface area contributed by atoms with Gasteiger partial charge in [-0.1, -0.05) is 11.6 Å². The second kappa shape index (κ2) is 3.76. The zero-order valence-electron chi connectivity index (χ0n) is 9.37. The standard InChI is InChI=1S/C12H14N4O/c13-12-11(8-2-1-3-8)14-15-16(12)9-4-6-10(17)7-5-9/h4-8,17H,1-3,13H2. The lowest BCUT2D eigenvalue weighted by molar-refractivity contribution is 0.411. The molecule has 1 saturated carbocycles. The fourth-order valence-corrected chi connectivity index (χ4v) is 2.06. The monoisotopic (exact) mass is 230 g/mol. The summed E-state index contributed by atoms with van der Waals surface area (Å²) < 4.78 is 1.62. The molecule has 2 aromatic rings. The molecule has 0 amide bonds. The molecule has 5 heteroatoms. The zero-order chi connectivity index (χ0) is 11.8. The first-order chi connectivity index (χ1) is 8.25. The van der Waals surface area contributed by atoms with Gasteiger partial charge in [-0.05, 0) is 37.1 Å². The normalized spacial score (nSPS) is 15.8. The van der Waals surface area contributed by atoms with Gasteiger partial charge in [0.2, 0.25) is 0 Å². The number of hydrogen-bond acceptors (Lipinski definition) is 4. The molecule has 0 radical (unpaired) electrons. The molecule has 1 aliphatic carbocycles. The number of benzene rings is 1. The van der Waals surface area contributed by atoms with Crippen molar-refractivity contribution >= 4 is 5.82 Å². The molecule has 1 aromatic carbocycles. The van der Waals surface area contributed by atoms with Crippen LogP contribution in [0.2, 0.25) is 0 Å². The summed E-state index contributed by atoms with van der Waals surface area (Å²) in [6, 6.07) is 6.76. The van der Waals surface area contributed by atoms with Crippen LogP contribution in [-0.4, -0.2) is 20.1 Å². The van der Waals surface area contributed by atoms with Crippen LogP contribution in [0.15, 0.2) is 24.3 Å². The molecule has 5 nitrogen and oxygen atoms in total. The van der Waals surface area contributed by atoms with Crippen LogP contribution in [-0.2, 0) is 0 Å². The second-order valence-electron chi connectivity index (χ2n) is 4.42. The molecule has 0 aliphatic heterocycles. The highest BCUT2D eigenvalue weighted by Crippen LogP contribution is 2.38. The number of nitrogen functional groups attached to an aromatic ring is 1. The summed E-state index contributed by atoms with van der Waals surface area (Å²) >= 11 is 0. The summed E-state index contributed by atoms with van der Waals surface area (Å²) in [5.41, 5.74) is 7.78.